The van der Waals surface area contributed by atoms with E-state index >= 15 is 0 Å². The zero-order chi connectivity index (χ0) is 17.7. The molecule has 1 aliphatic rings. The Balaban J connectivity index is 2.32. The second kappa shape index (κ2) is 7.91. The Kier molecular flexibility index (Phi) is 6.14. The van der Waals surface area contributed by atoms with Crippen molar-refractivity contribution < 1.29 is 18.4 Å². The Labute approximate surface area is 141 Å². The van der Waals surface area contributed by atoms with Gasteiger partial charge in [0.1, 0.15) is 5.69 Å². The molecule has 2 rings (SSSR count). The van der Waals surface area contributed by atoms with E-state index < -0.39 is 21.1 Å². The molecule has 0 aromatic heterocycles. The van der Waals surface area contributed by atoms with Crippen molar-refractivity contribution in [2.45, 2.75) is 43.6 Å². The highest BCUT2D eigenvalue weighted by Gasteiger charge is 2.28. The summed E-state index contributed by atoms with van der Waals surface area (Å²) < 4.78 is 26.9. The van der Waals surface area contributed by atoms with Crippen molar-refractivity contribution in [3.63, 3.8) is 0 Å². The minimum atomic E-state index is -3.74. The molecule has 0 spiro atoms. The van der Waals surface area contributed by atoms with Gasteiger partial charge in [0.25, 0.3) is 5.69 Å². The predicted octanol–water partition coefficient (Wildman–Crippen LogP) is 1.95. The van der Waals surface area contributed by atoms with E-state index in [1.807, 2.05) is 0 Å². The Bertz CT molecular complexity index is 682. The molecule has 0 unspecified atom stereocenters. The second-order valence-corrected chi connectivity index (χ2v) is 7.92. The van der Waals surface area contributed by atoms with E-state index in [1.165, 1.54) is 16.4 Å². The molecule has 8 nitrogen and oxygen atoms in total. The molecular formula is C15H23N3O5S. The number of rotatable bonds is 6. The smallest absolute Gasteiger partial charge is 0.293 e. The zero-order valence-corrected chi connectivity index (χ0v) is 14.5. The van der Waals surface area contributed by atoms with Crippen LogP contribution in [-0.4, -0.2) is 48.5 Å². The van der Waals surface area contributed by atoms with Gasteiger partial charge in [0, 0.05) is 25.7 Å². The molecule has 0 saturated carbocycles. The SMILES string of the molecule is C[C@@H](O)CNc1ccc(S(=O)(=O)N2CCCCCC2)cc1[N+](=O)[O-]. The van der Waals surface area contributed by atoms with E-state index in [1.54, 1.807) is 6.92 Å². The van der Waals surface area contributed by atoms with Crippen LogP contribution in [0.1, 0.15) is 32.6 Å². The van der Waals surface area contributed by atoms with Crippen molar-refractivity contribution in [3.8, 4) is 0 Å². The van der Waals surface area contributed by atoms with Crippen LogP contribution in [0.3, 0.4) is 0 Å². The highest BCUT2D eigenvalue weighted by molar-refractivity contribution is 7.89. The maximum atomic E-state index is 12.7. The fourth-order valence-electron chi connectivity index (χ4n) is 2.66. The fourth-order valence-corrected chi connectivity index (χ4v) is 4.20. The summed E-state index contributed by atoms with van der Waals surface area (Å²) in [5, 5.41) is 23.3. The third-order valence-electron chi connectivity index (χ3n) is 3.96. The topological polar surface area (TPSA) is 113 Å². The summed E-state index contributed by atoms with van der Waals surface area (Å²) in [6.07, 6.45) is 2.91. The number of aliphatic hydroxyl groups is 1. The number of benzene rings is 1. The molecule has 1 aromatic carbocycles. The normalized spacial score (nSPS) is 17.9. The molecule has 9 heteroatoms. The van der Waals surface area contributed by atoms with E-state index in [0.717, 1.165) is 31.7 Å². The lowest BCUT2D eigenvalue weighted by molar-refractivity contribution is -0.384. The fraction of sp³-hybridized carbons (Fsp3) is 0.600. The molecule has 0 radical (unpaired) electrons. The lowest BCUT2D eigenvalue weighted by Crippen LogP contribution is -2.32. The van der Waals surface area contributed by atoms with E-state index in [4.69, 9.17) is 0 Å². The molecule has 134 valence electrons. The van der Waals surface area contributed by atoms with Crippen molar-refractivity contribution in [3.05, 3.63) is 28.3 Å². The van der Waals surface area contributed by atoms with E-state index in [0.29, 0.717) is 13.1 Å². The van der Waals surface area contributed by atoms with Gasteiger partial charge in [-0.15, -0.1) is 0 Å². The number of hydrogen-bond donors (Lipinski definition) is 2. The third-order valence-corrected chi connectivity index (χ3v) is 5.85. The molecule has 1 fully saturated rings. The van der Waals surface area contributed by atoms with Crippen molar-refractivity contribution in [2.75, 3.05) is 25.0 Å². The van der Waals surface area contributed by atoms with Gasteiger partial charge in [0.15, 0.2) is 0 Å². The largest absolute Gasteiger partial charge is 0.392 e. The average Bonchev–Trinajstić information content (AvgIpc) is 2.82. The third kappa shape index (κ3) is 4.43. The lowest BCUT2D eigenvalue weighted by atomic mass is 10.2. The van der Waals surface area contributed by atoms with Gasteiger partial charge in [-0.2, -0.15) is 4.31 Å². The summed E-state index contributed by atoms with van der Waals surface area (Å²) in [4.78, 5) is 10.6. The summed E-state index contributed by atoms with van der Waals surface area (Å²) in [5.74, 6) is 0. The molecule has 2 N–H and O–H groups in total. The molecular weight excluding hydrogens is 334 g/mol. The van der Waals surface area contributed by atoms with Gasteiger partial charge in [-0.05, 0) is 31.9 Å². The van der Waals surface area contributed by atoms with Crippen LogP contribution >= 0.6 is 0 Å². The van der Waals surface area contributed by atoms with E-state index in [2.05, 4.69) is 5.32 Å². The van der Waals surface area contributed by atoms with Crippen molar-refractivity contribution in [1.29, 1.82) is 0 Å². The van der Waals surface area contributed by atoms with Gasteiger partial charge in [-0.3, -0.25) is 10.1 Å². The first-order valence-corrected chi connectivity index (χ1v) is 9.47. The predicted molar refractivity (Wildman–Crippen MR) is 90.5 cm³/mol. The lowest BCUT2D eigenvalue weighted by Gasteiger charge is -2.20. The standard InChI is InChI=1S/C15H23N3O5S/c1-12(19)11-16-14-7-6-13(10-15(14)18(20)21)24(22,23)17-8-4-2-3-5-9-17/h6-7,10,12,16,19H,2-5,8-9,11H2,1H3/t12-/m1/s1. The minimum Gasteiger partial charge on any atom is -0.392 e. The summed E-state index contributed by atoms with van der Waals surface area (Å²) in [6, 6.07) is 3.84. The Morgan fingerprint density at radius 1 is 1.29 bits per heavy atom. The zero-order valence-electron chi connectivity index (χ0n) is 13.6. The first kappa shape index (κ1) is 18.6. The number of nitro benzene ring substituents is 1. The van der Waals surface area contributed by atoms with Crippen molar-refractivity contribution in [1.82, 2.24) is 4.31 Å². The van der Waals surface area contributed by atoms with Crippen LogP contribution in [-0.2, 0) is 10.0 Å². The van der Waals surface area contributed by atoms with Crippen LogP contribution in [0.25, 0.3) is 0 Å². The Morgan fingerprint density at radius 3 is 2.46 bits per heavy atom. The molecule has 0 aliphatic carbocycles. The van der Waals surface area contributed by atoms with Crippen LogP contribution in [0.5, 0.6) is 0 Å². The minimum absolute atomic E-state index is 0.0707. The van der Waals surface area contributed by atoms with Gasteiger partial charge in [-0.25, -0.2) is 8.42 Å². The maximum absolute atomic E-state index is 12.7. The number of aliphatic hydroxyl groups excluding tert-OH is 1. The van der Waals surface area contributed by atoms with E-state index in [9.17, 15) is 23.6 Å². The molecule has 1 aromatic rings. The van der Waals surface area contributed by atoms with Gasteiger partial charge >= 0.3 is 0 Å². The number of nitro groups is 1. The molecule has 0 amide bonds. The van der Waals surface area contributed by atoms with Gasteiger partial charge in [0.2, 0.25) is 10.0 Å². The highest BCUT2D eigenvalue weighted by Crippen LogP contribution is 2.29. The number of nitrogens with zero attached hydrogens (tertiary/aromatic N) is 2. The first-order valence-electron chi connectivity index (χ1n) is 8.03. The number of hydrogen-bond acceptors (Lipinski definition) is 6. The monoisotopic (exact) mass is 357 g/mol. The number of sulfonamides is 1. The van der Waals surface area contributed by atoms with Gasteiger partial charge < -0.3 is 10.4 Å². The van der Waals surface area contributed by atoms with Crippen LogP contribution in [0, 0.1) is 10.1 Å². The first-order chi connectivity index (χ1) is 11.3. The van der Waals surface area contributed by atoms with Crippen LogP contribution < -0.4 is 5.32 Å². The average molecular weight is 357 g/mol. The van der Waals surface area contributed by atoms with Crippen LogP contribution in [0.15, 0.2) is 23.1 Å². The molecule has 24 heavy (non-hydrogen) atoms. The maximum Gasteiger partial charge on any atom is 0.293 e. The van der Waals surface area contributed by atoms with E-state index in [-0.39, 0.29) is 22.8 Å². The molecule has 1 aliphatic heterocycles. The second-order valence-electron chi connectivity index (χ2n) is 5.98. The van der Waals surface area contributed by atoms with Gasteiger partial charge in [0.05, 0.1) is 15.9 Å². The highest BCUT2D eigenvalue weighted by atomic mass is 32.2. The Hall–Kier alpha value is -1.71. The number of anilines is 1. The Morgan fingerprint density at radius 2 is 1.92 bits per heavy atom. The van der Waals surface area contributed by atoms with Gasteiger partial charge in [-0.1, -0.05) is 12.8 Å². The summed E-state index contributed by atoms with van der Waals surface area (Å²) in [7, 11) is -3.74. The van der Waals surface area contributed by atoms with Crippen LogP contribution in [0.2, 0.25) is 0 Å². The molecule has 1 saturated heterocycles. The van der Waals surface area contributed by atoms with Crippen LogP contribution in [0.4, 0.5) is 11.4 Å². The van der Waals surface area contributed by atoms with Crippen molar-refractivity contribution in [2.24, 2.45) is 0 Å². The summed E-state index contributed by atoms with van der Waals surface area (Å²) >= 11 is 0. The summed E-state index contributed by atoms with van der Waals surface area (Å²) in [5.41, 5.74) is -0.123. The van der Waals surface area contributed by atoms with Crippen molar-refractivity contribution >= 4 is 21.4 Å². The number of nitrogens with one attached hydrogen (secondary N) is 1. The quantitative estimate of drug-likeness (QED) is 0.594. The molecule has 1 atom stereocenters. The molecule has 0 bridgehead atoms. The summed E-state index contributed by atoms with van der Waals surface area (Å²) in [6.45, 7) is 2.58. The molecule has 1 heterocycles.